The highest BCUT2D eigenvalue weighted by Crippen LogP contribution is 2.43. The zero-order chi connectivity index (χ0) is 33.9. The molecule has 2 aromatic rings. The Morgan fingerprint density at radius 3 is 2.49 bits per heavy atom. The second-order valence-electron chi connectivity index (χ2n) is 13.2. The van der Waals surface area contributed by atoms with Crippen LogP contribution in [0, 0.1) is 17.8 Å². The molecule has 10 heteroatoms. The maximum absolute atomic E-state index is 13.4. The molecule has 0 radical (unpaired) electrons. The summed E-state index contributed by atoms with van der Waals surface area (Å²) in [4.78, 5) is 15.8. The minimum absolute atomic E-state index is 0.108. The summed E-state index contributed by atoms with van der Waals surface area (Å²) in [6.07, 6.45) is 8.11. The Kier molecular flexibility index (Phi) is 14.9. The Bertz CT molecular complexity index is 1320. The molecule has 3 aliphatic rings. The molecule has 2 aliphatic heterocycles. The van der Waals surface area contributed by atoms with Gasteiger partial charge in [0.05, 0.1) is 30.8 Å². The number of nitrogens with two attached hydrogens (primary N) is 1. The molecule has 2 aromatic carbocycles. The predicted octanol–water partition coefficient (Wildman–Crippen LogP) is 7.25. The number of hydrogen-bond donors (Lipinski definition) is 2. The second kappa shape index (κ2) is 18.6. The van der Waals surface area contributed by atoms with Gasteiger partial charge in [0, 0.05) is 36.0 Å². The van der Waals surface area contributed by atoms with Crippen molar-refractivity contribution in [2.45, 2.75) is 96.5 Å². The zero-order valence-corrected chi connectivity index (χ0v) is 30.5. The molecule has 2 fully saturated rings. The van der Waals surface area contributed by atoms with Crippen molar-refractivity contribution in [2.24, 2.45) is 23.5 Å². The maximum atomic E-state index is 13.4. The molecule has 6 atom stereocenters. The van der Waals surface area contributed by atoms with E-state index in [1.807, 2.05) is 25.1 Å². The zero-order valence-electron chi connectivity index (χ0n) is 29.0. The van der Waals surface area contributed by atoms with E-state index >= 15 is 0 Å². The number of hydrogen-bond acceptors (Lipinski definition) is 7. The molecular formula is C37H56ClN3O5S. The van der Waals surface area contributed by atoms with Gasteiger partial charge in [0.15, 0.2) is 6.29 Å². The lowest BCUT2D eigenvalue weighted by atomic mass is 9.71. The van der Waals surface area contributed by atoms with Gasteiger partial charge in [0.25, 0.3) is 5.91 Å². The molecule has 1 saturated carbocycles. The number of carbonyl (C=O) groups is 1. The smallest absolute Gasteiger partial charge is 0.263 e. The van der Waals surface area contributed by atoms with Crippen LogP contribution in [0.2, 0.25) is 5.02 Å². The third-order valence-corrected chi connectivity index (χ3v) is 11.8. The molecule has 1 saturated heterocycles. The topological polar surface area (TPSA) is 103 Å². The van der Waals surface area contributed by atoms with Crippen LogP contribution >= 0.6 is 11.6 Å². The minimum Gasteiger partial charge on any atom is -0.491 e. The van der Waals surface area contributed by atoms with E-state index in [4.69, 9.17) is 25.8 Å². The molecule has 3 N–H and O–H groups in total. The van der Waals surface area contributed by atoms with Gasteiger partial charge in [0.2, 0.25) is 0 Å². The van der Waals surface area contributed by atoms with Crippen LogP contribution in [0.5, 0.6) is 5.75 Å². The lowest BCUT2D eigenvalue weighted by Gasteiger charge is -2.42. The van der Waals surface area contributed by atoms with Crippen LogP contribution in [0.25, 0.3) is 0 Å². The molecule has 0 bridgehead atoms. The van der Waals surface area contributed by atoms with Gasteiger partial charge < -0.3 is 24.8 Å². The number of amides is 1. The molecule has 262 valence electrons. The molecule has 8 nitrogen and oxygen atoms in total. The van der Waals surface area contributed by atoms with Crippen LogP contribution in [-0.4, -0.2) is 61.6 Å². The van der Waals surface area contributed by atoms with Crippen molar-refractivity contribution < 1.29 is 23.2 Å². The van der Waals surface area contributed by atoms with Crippen molar-refractivity contribution in [3.8, 4) is 5.75 Å². The molecule has 6 unspecified atom stereocenters. The average Bonchev–Trinajstić information content (AvgIpc) is 3.26. The Morgan fingerprint density at radius 1 is 1.06 bits per heavy atom. The molecular weight excluding hydrogens is 634 g/mol. The summed E-state index contributed by atoms with van der Waals surface area (Å²) in [6.45, 7) is 12.1. The highest BCUT2D eigenvalue weighted by molar-refractivity contribution is 7.84. The van der Waals surface area contributed by atoms with Gasteiger partial charge >= 0.3 is 0 Å². The van der Waals surface area contributed by atoms with Crippen LogP contribution in [0.4, 0.5) is 5.69 Å². The highest BCUT2D eigenvalue weighted by atomic mass is 35.5. The van der Waals surface area contributed by atoms with Gasteiger partial charge in [-0.25, -0.2) is 4.21 Å². The summed E-state index contributed by atoms with van der Waals surface area (Å²) >= 11 is 6.43. The van der Waals surface area contributed by atoms with Gasteiger partial charge in [-0.05, 0) is 105 Å². The number of fused-ring (bicyclic) bond motifs is 1. The number of nitrogens with one attached hydrogen (secondary N) is 1. The Hall–Kier alpha value is -2.17. The van der Waals surface area contributed by atoms with E-state index in [1.54, 1.807) is 6.07 Å². The van der Waals surface area contributed by atoms with Crippen LogP contribution in [0.1, 0.15) is 100 Å². The fourth-order valence-electron chi connectivity index (χ4n) is 6.99. The Morgan fingerprint density at radius 2 is 1.81 bits per heavy atom. The number of carbonyl (C=O) groups excluding carboxylic acids is 1. The first kappa shape index (κ1) is 37.6. The summed E-state index contributed by atoms with van der Waals surface area (Å²) in [5.41, 5.74) is 8.46. The van der Waals surface area contributed by atoms with Crippen molar-refractivity contribution in [2.75, 3.05) is 44.9 Å². The first-order valence-electron chi connectivity index (χ1n) is 17.6. The van der Waals surface area contributed by atoms with Gasteiger partial charge in [-0.15, -0.1) is 0 Å². The first-order chi connectivity index (χ1) is 22.8. The van der Waals surface area contributed by atoms with E-state index in [-0.39, 0.29) is 29.3 Å². The lowest BCUT2D eigenvalue weighted by molar-refractivity contribution is -0.192. The Balaban J connectivity index is 0.00000245. The van der Waals surface area contributed by atoms with Crippen molar-refractivity contribution in [1.29, 1.82) is 0 Å². The van der Waals surface area contributed by atoms with E-state index in [9.17, 15) is 9.00 Å². The largest absolute Gasteiger partial charge is 0.491 e. The van der Waals surface area contributed by atoms with Crippen molar-refractivity contribution in [1.82, 2.24) is 4.72 Å². The van der Waals surface area contributed by atoms with Crippen LogP contribution in [0.3, 0.4) is 0 Å². The molecule has 2 heterocycles. The van der Waals surface area contributed by atoms with Gasteiger partial charge in [-0.1, -0.05) is 51.3 Å². The molecule has 1 amide bonds. The summed E-state index contributed by atoms with van der Waals surface area (Å²) in [5.74, 6) is 1.90. The monoisotopic (exact) mass is 689 g/mol. The summed E-state index contributed by atoms with van der Waals surface area (Å²) in [5, 5.41) is 0.632. The van der Waals surface area contributed by atoms with Crippen LogP contribution in [-0.2, 0) is 26.9 Å². The van der Waals surface area contributed by atoms with Crippen LogP contribution in [0.15, 0.2) is 36.4 Å². The van der Waals surface area contributed by atoms with Crippen molar-refractivity contribution in [3.63, 3.8) is 0 Å². The molecule has 5 rings (SSSR count). The van der Waals surface area contributed by atoms with E-state index in [0.717, 1.165) is 87.7 Å². The minimum atomic E-state index is -1.47. The van der Waals surface area contributed by atoms with E-state index < -0.39 is 11.0 Å². The number of aryl methyl sites for hydroxylation is 1. The van der Waals surface area contributed by atoms with Gasteiger partial charge in [-0.2, -0.15) is 0 Å². The second-order valence-corrected chi connectivity index (χ2v) is 15.2. The number of anilines is 1. The summed E-state index contributed by atoms with van der Waals surface area (Å²) in [6, 6.07) is 11.9. The highest BCUT2D eigenvalue weighted by Gasteiger charge is 2.37. The van der Waals surface area contributed by atoms with Crippen molar-refractivity contribution >= 4 is 34.2 Å². The summed E-state index contributed by atoms with van der Waals surface area (Å²) in [7, 11) is 0.0327. The first-order valence-corrected chi connectivity index (χ1v) is 19.2. The normalized spacial score (nSPS) is 23.1. The SMILES string of the molecule is CCCc1cc(Cl)ccc1C1COc2ccc(C(=O)NS(=O)C(C)C(C)CCC)cc2N(CC2CCC2CC2OCCCO2)C1.CN. The molecule has 47 heavy (non-hydrogen) atoms. The molecule has 1 aliphatic carbocycles. The fourth-order valence-corrected chi connectivity index (χ4v) is 8.23. The number of nitrogens with zero attached hydrogens (tertiary/aromatic N) is 1. The quantitative estimate of drug-likeness (QED) is 0.228. The lowest BCUT2D eigenvalue weighted by Crippen LogP contribution is -2.42. The van der Waals surface area contributed by atoms with Gasteiger partial charge in [0.1, 0.15) is 16.7 Å². The summed E-state index contributed by atoms with van der Waals surface area (Å²) < 4.78 is 34.2. The third kappa shape index (κ3) is 9.94. The molecule has 0 aromatic heterocycles. The van der Waals surface area contributed by atoms with Crippen LogP contribution < -0.4 is 20.1 Å². The molecule has 0 spiro atoms. The number of halogens is 1. The third-order valence-electron chi connectivity index (χ3n) is 10.0. The maximum Gasteiger partial charge on any atom is 0.263 e. The standard InChI is InChI=1S/C36H51ClN2O5S.CH5N/c1-5-8-24(3)25(4)45(41)38-36(40)28-12-15-34-33(19-28)39(21-29-11-10-26(29)20-35-42-16-7-17-43-35)22-30(23-44-34)32-14-13-31(37)18-27(32)9-6-2;1-2/h12-15,18-19,24-26,29-30,35H,5-11,16-17,20-23H2,1-4H3,(H,38,40);2H2,1H3. The fraction of sp³-hybridized carbons (Fsp3) is 0.649. The predicted molar refractivity (Wildman–Crippen MR) is 193 cm³/mol. The average molecular weight is 690 g/mol. The Labute approximate surface area is 290 Å². The number of rotatable bonds is 13. The number of benzene rings is 2. The van der Waals surface area contributed by atoms with E-state index in [2.05, 4.69) is 48.3 Å². The van der Waals surface area contributed by atoms with Crippen molar-refractivity contribution in [3.05, 3.63) is 58.1 Å². The van der Waals surface area contributed by atoms with E-state index in [0.29, 0.717) is 24.0 Å². The van der Waals surface area contributed by atoms with E-state index in [1.165, 1.54) is 24.6 Å². The van der Waals surface area contributed by atoms with Gasteiger partial charge in [-0.3, -0.25) is 9.52 Å². The number of ether oxygens (including phenoxy) is 3.